The lowest BCUT2D eigenvalue weighted by molar-refractivity contribution is -0.181. The molecule has 4 aromatic heterocycles. The van der Waals surface area contributed by atoms with Gasteiger partial charge in [0.1, 0.15) is 16.9 Å². The standard InChI is InChI=1S/C51H60F3N11O4/c1-8-44(67)58-38-24-33(9-10-40(38)63-20-19-62(28-31(63)2)34-13-17-61(18-14-34)35-11-15-55-43(25-35)50(5,6)51(52,53)54)57-45-48(69)60(7)29-39(59-45)36-12-16-56-46(37(36)30-66)65-22-21-64-41(47(65)68)23-32-26-49(3,4)27-42(32)64/h8-12,15-16,23-25,29,31,34,66H,1,13-14,17-22,26-28,30H2,2-7H3,(H,57,59)(H,58,67). The highest BCUT2D eigenvalue weighted by Gasteiger charge is 2.50. The average molecular weight is 948 g/mol. The smallest absolute Gasteiger partial charge is 0.392 e. The van der Waals surface area contributed by atoms with Gasteiger partial charge in [0, 0.05) is 112 Å². The van der Waals surface area contributed by atoms with E-state index in [2.05, 4.69) is 67.2 Å². The Labute approximate surface area is 399 Å². The van der Waals surface area contributed by atoms with Crippen molar-refractivity contribution >= 4 is 46.2 Å². The van der Waals surface area contributed by atoms with Gasteiger partial charge in [-0.2, -0.15) is 13.2 Å². The van der Waals surface area contributed by atoms with E-state index in [9.17, 15) is 32.7 Å². The average Bonchev–Trinajstić information content (AvgIpc) is 3.82. The van der Waals surface area contributed by atoms with Gasteiger partial charge in [-0.05, 0) is 106 Å². The molecular formula is C51H60F3N11O4. The first kappa shape index (κ1) is 47.5. The van der Waals surface area contributed by atoms with Crippen molar-refractivity contribution in [3.63, 3.8) is 0 Å². The third-order valence-corrected chi connectivity index (χ3v) is 14.5. The van der Waals surface area contributed by atoms with Crippen LogP contribution in [-0.4, -0.2) is 103 Å². The van der Waals surface area contributed by atoms with E-state index in [0.717, 1.165) is 64.0 Å². The van der Waals surface area contributed by atoms with Crippen LogP contribution in [0, 0.1) is 5.41 Å². The molecule has 4 aliphatic rings. The van der Waals surface area contributed by atoms with E-state index in [-0.39, 0.29) is 28.9 Å². The number of halogens is 3. The van der Waals surface area contributed by atoms with E-state index in [0.29, 0.717) is 78.5 Å². The van der Waals surface area contributed by atoms with E-state index >= 15 is 0 Å². The number of nitrogens with zero attached hydrogens (tertiary/aromatic N) is 9. The minimum absolute atomic E-state index is 0.00564. The Kier molecular flexibility index (Phi) is 12.5. The number of pyridine rings is 2. The number of benzene rings is 1. The summed E-state index contributed by atoms with van der Waals surface area (Å²) < 4.78 is 45.0. The topological polar surface area (TPSA) is 157 Å². The van der Waals surface area contributed by atoms with Crippen LogP contribution in [0.3, 0.4) is 0 Å². The first-order chi connectivity index (χ1) is 32.8. The van der Waals surface area contributed by atoms with E-state index in [1.165, 1.54) is 28.1 Å². The van der Waals surface area contributed by atoms with E-state index in [1.807, 2.05) is 18.2 Å². The maximum absolute atomic E-state index is 14.0. The molecule has 0 spiro atoms. The van der Waals surface area contributed by atoms with Gasteiger partial charge in [-0.25, -0.2) is 9.97 Å². The summed E-state index contributed by atoms with van der Waals surface area (Å²) in [5.41, 5.74) is 4.59. The minimum Gasteiger partial charge on any atom is -0.392 e. The molecule has 2 fully saturated rings. The van der Waals surface area contributed by atoms with Crippen LogP contribution in [0.25, 0.3) is 11.3 Å². The number of carbonyl (C=O) groups excluding carboxylic acids is 2. The molecule has 15 nitrogen and oxygen atoms in total. The van der Waals surface area contributed by atoms with Crippen LogP contribution in [0.15, 0.2) is 78.5 Å². The van der Waals surface area contributed by atoms with Crippen LogP contribution in [0.4, 0.5) is 47.6 Å². The molecule has 1 aromatic carbocycles. The van der Waals surface area contributed by atoms with Crippen molar-refractivity contribution in [2.24, 2.45) is 12.5 Å². The molecule has 3 aliphatic heterocycles. The number of hydrogen-bond donors (Lipinski definition) is 3. The second-order valence-electron chi connectivity index (χ2n) is 20.2. The molecular weight excluding hydrogens is 888 g/mol. The maximum atomic E-state index is 14.0. The highest BCUT2D eigenvalue weighted by molar-refractivity contribution is 6.06. The van der Waals surface area contributed by atoms with Crippen molar-refractivity contribution in [2.45, 2.75) is 97.1 Å². The molecule has 2 saturated heterocycles. The molecule has 0 radical (unpaired) electrons. The van der Waals surface area contributed by atoms with Crippen molar-refractivity contribution in [1.29, 1.82) is 0 Å². The van der Waals surface area contributed by atoms with Crippen molar-refractivity contribution in [2.75, 3.05) is 64.6 Å². The van der Waals surface area contributed by atoms with Crippen LogP contribution < -0.4 is 30.9 Å². The summed E-state index contributed by atoms with van der Waals surface area (Å²) in [6.45, 7) is 16.8. The zero-order chi connectivity index (χ0) is 49.2. The van der Waals surface area contributed by atoms with Crippen LogP contribution in [0.1, 0.15) is 80.5 Å². The largest absolute Gasteiger partial charge is 0.399 e. The fourth-order valence-corrected chi connectivity index (χ4v) is 10.6. The fraction of sp³-hybridized carbons (Fsp3) is 0.451. The Morgan fingerprint density at radius 2 is 1.72 bits per heavy atom. The van der Waals surface area contributed by atoms with Crippen LogP contribution in [-0.2, 0) is 43.3 Å². The fourth-order valence-electron chi connectivity index (χ4n) is 10.6. The summed E-state index contributed by atoms with van der Waals surface area (Å²) in [7, 11) is 1.62. The van der Waals surface area contributed by atoms with Crippen molar-refractivity contribution in [3.05, 3.63) is 112 Å². The van der Waals surface area contributed by atoms with Gasteiger partial charge in [-0.1, -0.05) is 20.4 Å². The molecule has 5 aromatic rings. The molecule has 9 rings (SSSR count). The second-order valence-corrected chi connectivity index (χ2v) is 20.2. The molecule has 7 heterocycles. The maximum Gasteiger partial charge on any atom is 0.399 e. The van der Waals surface area contributed by atoms with Crippen molar-refractivity contribution < 1.29 is 27.9 Å². The van der Waals surface area contributed by atoms with Gasteiger partial charge in [0.25, 0.3) is 11.5 Å². The Morgan fingerprint density at radius 3 is 2.43 bits per heavy atom. The minimum atomic E-state index is -4.42. The Morgan fingerprint density at radius 1 is 0.971 bits per heavy atom. The highest BCUT2D eigenvalue weighted by Crippen LogP contribution is 2.42. The number of aliphatic hydroxyl groups is 1. The predicted molar refractivity (Wildman–Crippen MR) is 261 cm³/mol. The summed E-state index contributed by atoms with van der Waals surface area (Å²) in [6, 6.07) is 12.9. The molecule has 1 unspecified atom stereocenters. The number of amides is 2. The van der Waals surface area contributed by atoms with Crippen LogP contribution in [0.5, 0.6) is 0 Å². The van der Waals surface area contributed by atoms with E-state index in [1.54, 1.807) is 48.6 Å². The summed E-state index contributed by atoms with van der Waals surface area (Å²) in [6.07, 6.45) is 4.95. The number of fused-ring (bicyclic) bond motifs is 3. The molecule has 1 aliphatic carbocycles. The van der Waals surface area contributed by atoms with Crippen molar-refractivity contribution in [3.8, 4) is 11.3 Å². The number of aryl methyl sites for hydroxylation is 1. The normalized spacial score (nSPS) is 18.8. The lowest BCUT2D eigenvalue weighted by Gasteiger charge is -2.47. The number of anilines is 6. The summed E-state index contributed by atoms with van der Waals surface area (Å²) in [5, 5.41) is 17.0. The van der Waals surface area contributed by atoms with Gasteiger partial charge in [0.05, 0.1) is 29.4 Å². The second kappa shape index (κ2) is 18.1. The van der Waals surface area contributed by atoms with Crippen LogP contribution in [0.2, 0.25) is 0 Å². The zero-order valence-corrected chi connectivity index (χ0v) is 40.0. The number of aromatic nitrogens is 5. The Bertz CT molecular complexity index is 2880. The number of piperazine rings is 1. The molecule has 1 atom stereocenters. The number of piperidine rings is 1. The number of rotatable bonds is 11. The van der Waals surface area contributed by atoms with E-state index < -0.39 is 29.7 Å². The molecule has 69 heavy (non-hydrogen) atoms. The van der Waals surface area contributed by atoms with Crippen molar-refractivity contribution in [1.82, 2.24) is 29.0 Å². The molecule has 364 valence electrons. The molecule has 0 bridgehead atoms. The third-order valence-electron chi connectivity index (χ3n) is 14.5. The van der Waals surface area contributed by atoms with Gasteiger partial charge in [-0.3, -0.25) is 29.2 Å². The molecule has 0 saturated carbocycles. The lowest BCUT2D eigenvalue weighted by atomic mass is 9.87. The van der Waals surface area contributed by atoms with Gasteiger partial charge in [-0.15, -0.1) is 0 Å². The SMILES string of the molecule is C=CC(=O)Nc1cc(Nc2nc(-c3ccnc(N4CCn5c(cc6c5CC(C)(C)C6)C4=O)c3CO)cn(C)c2=O)ccc1N1CCN(C2CCN(c3ccnc(C(C)(C)C(F)(F)F)c3)CC2)CC1C. The molecule has 2 amide bonds. The number of nitrogens with one attached hydrogen (secondary N) is 2. The number of alkyl halides is 3. The Hall–Kier alpha value is -6.53. The number of hydrogen-bond acceptors (Lipinski definition) is 11. The van der Waals surface area contributed by atoms with Crippen LogP contribution >= 0.6 is 0 Å². The monoisotopic (exact) mass is 947 g/mol. The summed E-state index contributed by atoms with van der Waals surface area (Å²) in [5.74, 6) is -0.230. The lowest BCUT2D eigenvalue weighted by Crippen LogP contribution is -2.57. The molecule has 3 N–H and O–H groups in total. The third kappa shape index (κ3) is 8.99. The summed E-state index contributed by atoms with van der Waals surface area (Å²) in [4.78, 5) is 62.5. The highest BCUT2D eigenvalue weighted by atomic mass is 19.4. The predicted octanol–water partition coefficient (Wildman–Crippen LogP) is 7.20. The quantitative estimate of drug-likeness (QED) is 0.115. The Balaban J connectivity index is 0.906. The summed E-state index contributed by atoms with van der Waals surface area (Å²) >= 11 is 0. The first-order valence-corrected chi connectivity index (χ1v) is 23.6. The van der Waals surface area contributed by atoms with Gasteiger partial charge in [0.2, 0.25) is 5.91 Å². The van der Waals surface area contributed by atoms with Gasteiger partial charge >= 0.3 is 6.18 Å². The number of carbonyl (C=O) groups is 2. The first-order valence-electron chi connectivity index (χ1n) is 23.6. The van der Waals surface area contributed by atoms with Gasteiger partial charge in [0.15, 0.2) is 5.82 Å². The number of aliphatic hydroxyl groups excluding tert-OH is 1. The zero-order valence-electron chi connectivity index (χ0n) is 40.0. The van der Waals surface area contributed by atoms with E-state index in [4.69, 9.17) is 4.98 Å². The van der Waals surface area contributed by atoms with Gasteiger partial charge < -0.3 is 34.7 Å². The molecule has 18 heteroatoms.